The Labute approximate surface area is 84.8 Å². The number of carbonyl (C=O) groups excluding carboxylic acids is 1. The lowest BCUT2D eigenvalue weighted by Crippen LogP contribution is -2.22. The number of allylic oxidation sites excluding steroid dienone is 3. The summed E-state index contributed by atoms with van der Waals surface area (Å²) in [7, 11) is 1.42. The van der Waals surface area contributed by atoms with Gasteiger partial charge in [-0.1, -0.05) is 6.92 Å². The first-order valence-corrected chi connectivity index (χ1v) is 4.83. The number of ether oxygens (including phenoxy) is 1. The second kappa shape index (κ2) is 4.31. The smallest absolute Gasteiger partial charge is 0.335 e. The summed E-state index contributed by atoms with van der Waals surface area (Å²) in [4.78, 5) is 11.4. The zero-order valence-corrected chi connectivity index (χ0v) is 9.23. The molecule has 1 rings (SSSR count). The van der Waals surface area contributed by atoms with Crippen molar-refractivity contribution in [2.45, 2.75) is 33.6 Å². The fourth-order valence-electron chi connectivity index (χ4n) is 1.66. The topological polar surface area (TPSA) is 38.3 Å². The van der Waals surface area contributed by atoms with E-state index in [1.165, 1.54) is 12.7 Å². The number of nitrogens with one attached hydrogen (secondary N) is 1. The van der Waals surface area contributed by atoms with Crippen molar-refractivity contribution < 1.29 is 9.53 Å². The molecule has 3 nitrogen and oxygen atoms in total. The van der Waals surface area contributed by atoms with Gasteiger partial charge in [0.25, 0.3) is 0 Å². The van der Waals surface area contributed by atoms with Gasteiger partial charge >= 0.3 is 5.97 Å². The van der Waals surface area contributed by atoms with Crippen LogP contribution in [0.25, 0.3) is 0 Å². The molecule has 0 saturated carbocycles. The van der Waals surface area contributed by atoms with Crippen LogP contribution in [0.5, 0.6) is 0 Å². The van der Waals surface area contributed by atoms with Crippen LogP contribution in [-0.2, 0) is 9.53 Å². The Hall–Kier alpha value is -1.25. The highest BCUT2D eigenvalue weighted by atomic mass is 16.5. The van der Waals surface area contributed by atoms with Crippen molar-refractivity contribution in [3.63, 3.8) is 0 Å². The molecule has 1 aliphatic heterocycles. The van der Waals surface area contributed by atoms with Gasteiger partial charge in [-0.25, -0.2) is 4.79 Å². The minimum absolute atomic E-state index is 0.228. The summed E-state index contributed by atoms with van der Waals surface area (Å²) in [6, 6.07) is 0. The van der Waals surface area contributed by atoms with Gasteiger partial charge in [-0.05, 0) is 25.8 Å². The van der Waals surface area contributed by atoms with Gasteiger partial charge in [0.1, 0.15) is 0 Å². The molecule has 0 saturated heterocycles. The molecule has 0 fully saturated rings. The molecule has 0 bridgehead atoms. The van der Waals surface area contributed by atoms with E-state index in [0.717, 1.165) is 23.4 Å². The van der Waals surface area contributed by atoms with Crippen molar-refractivity contribution in [1.82, 2.24) is 5.32 Å². The van der Waals surface area contributed by atoms with Gasteiger partial charge in [-0.3, -0.25) is 0 Å². The van der Waals surface area contributed by atoms with Crippen molar-refractivity contribution in [3.05, 3.63) is 22.5 Å². The molecule has 0 atom stereocenters. The zero-order chi connectivity index (χ0) is 10.7. The monoisotopic (exact) mass is 195 g/mol. The van der Waals surface area contributed by atoms with Crippen molar-refractivity contribution in [3.8, 4) is 0 Å². The second-order valence-corrected chi connectivity index (χ2v) is 3.48. The van der Waals surface area contributed by atoms with E-state index in [1.807, 2.05) is 13.8 Å². The van der Waals surface area contributed by atoms with Crippen molar-refractivity contribution >= 4 is 5.97 Å². The van der Waals surface area contributed by atoms with Gasteiger partial charge in [0.05, 0.1) is 12.7 Å². The summed E-state index contributed by atoms with van der Waals surface area (Å²) in [5, 5.41) is 3.20. The van der Waals surface area contributed by atoms with Crippen LogP contribution in [0, 0.1) is 0 Å². The Morgan fingerprint density at radius 1 is 1.43 bits per heavy atom. The minimum Gasteiger partial charge on any atom is -0.466 e. The van der Waals surface area contributed by atoms with Crippen molar-refractivity contribution in [2.24, 2.45) is 0 Å². The molecule has 14 heavy (non-hydrogen) atoms. The fraction of sp³-hybridized carbons (Fsp3) is 0.545. The molecule has 0 aromatic heterocycles. The number of carbonyl (C=O) groups is 1. The van der Waals surface area contributed by atoms with E-state index in [-0.39, 0.29) is 5.97 Å². The van der Waals surface area contributed by atoms with E-state index >= 15 is 0 Å². The molecular weight excluding hydrogens is 178 g/mol. The standard InChI is InChI=1S/C11H17NO2/c1-5-9-6-10(11(13)14-4)8(3)12-7(9)2/h12H,5-6H2,1-4H3. The van der Waals surface area contributed by atoms with Crippen molar-refractivity contribution in [1.29, 1.82) is 0 Å². The van der Waals surface area contributed by atoms with Crippen LogP contribution in [0.15, 0.2) is 22.5 Å². The lowest BCUT2D eigenvalue weighted by molar-refractivity contribution is -0.136. The minimum atomic E-state index is -0.228. The van der Waals surface area contributed by atoms with E-state index in [9.17, 15) is 4.79 Å². The molecule has 0 aliphatic carbocycles. The maximum absolute atomic E-state index is 11.4. The molecule has 78 valence electrons. The third-order valence-corrected chi connectivity index (χ3v) is 2.61. The third-order valence-electron chi connectivity index (χ3n) is 2.61. The maximum Gasteiger partial charge on any atom is 0.335 e. The Bertz CT molecular complexity index is 313. The van der Waals surface area contributed by atoms with Gasteiger partial charge in [0, 0.05) is 17.8 Å². The Balaban J connectivity index is 2.90. The van der Waals surface area contributed by atoms with Crippen LogP contribution in [0.4, 0.5) is 0 Å². The van der Waals surface area contributed by atoms with Crippen LogP contribution >= 0.6 is 0 Å². The number of rotatable bonds is 2. The van der Waals surface area contributed by atoms with Crippen LogP contribution in [0.3, 0.4) is 0 Å². The number of esters is 1. The fourth-order valence-corrected chi connectivity index (χ4v) is 1.66. The summed E-state index contributed by atoms with van der Waals surface area (Å²) in [6.45, 7) is 6.04. The summed E-state index contributed by atoms with van der Waals surface area (Å²) < 4.78 is 4.73. The van der Waals surface area contributed by atoms with Crippen LogP contribution in [0.1, 0.15) is 33.6 Å². The molecule has 1 aliphatic rings. The molecule has 1 heterocycles. The Morgan fingerprint density at radius 2 is 2.07 bits per heavy atom. The molecule has 3 heteroatoms. The lowest BCUT2D eigenvalue weighted by atomic mass is 9.96. The molecular formula is C11H17NO2. The third kappa shape index (κ3) is 1.97. The normalized spacial score (nSPS) is 16.9. The first-order chi connectivity index (χ1) is 6.60. The highest BCUT2D eigenvalue weighted by molar-refractivity contribution is 5.90. The molecule has 0 spiro atoms. The number of hydrogen-bond acceptors (Lipinski definition) is 3. The van der Waals surface area contributed by atoms with E-state index in [4.69, 9.17) is 4.74 Å². The van der Waals surface area contributed by atoms with E-state index in [0.29, 0.717) is 6.42 Å². The Morgan fingerprint density at radius 3 is 2.57 bits per heavy atom. The first kappa shape index (κ1) is 10.8. The summed E-state index contributed by atoms with van der Waals surface area (Å²) in [5.41, 5.74) is 4.09. The summed E-state index contributed by atoms with van der Waals surface area (Å²) in [6.07, 6.45) is 1.68. The van der Waals surface area contributed by atoms with Gasteiger partial charge < -0.3 is 10.1 Å². The van der Waals surface area contributed by atoms with Crippen LogP contribution in [0.2, 0.25) is 0 Å². The van der Waals surface area contributed by atoms with Gasteiger partial charge in [-0.15, -0.1) is 0 Å². The molecule has 0 aromatic rings. The second-order valence-electron chi connectivity index (χ2n) is 3.48. The van der Waals surface area contributed by atoms with Crippen LogP contribution in [-0.4, -0.2) is 13.1 Å². The average Bonchev–Trinajstić information content (AvgIpc) is 2.17. The van der Waals surface area contributed by atoms with Crippen LogP contribution < -0.4 is 5.32 Å². The molecule has 1 N–H and O–H groups in total. The Kier molecular flexibility index (Phi) is 3.33. The molecule has 0 amide bonds. The first-order valence-electron chi connectivity index (χ1n) is 4.83. The average molecular weight is 195 g/mol. The van der Waals surface area contributed by atoms with Gasteiger partial charge in [0.15, 0.2) is 0 Å². The van der Waals surface area contributed by atoms with Gasteiger partial charge in [0.2, 0.25) is 0 Å². The quantitative estimate of drug-likeness (QED) is 0.686. The number of dihydropyridines is 1. The van der Waals surface area contributed by atoms with E-state index in [1.54, 1.807) is 0 Å². The molecule has 0 unspecified atom stereocenters. The predicted octanol–water partition coefficient (Wildman–Crippen LogP) is 2.11. The predicted molar refractivity (Wildman–Crippen MR) is 55.5 cm³/mol. The largest absolute Gasteiger partial charge is 0.466 e. The van der Waals surface area contributed by atoms with Gasteiger partial charge in [-0.2, -0.15) is 0 Å². The van der Waals surface area contributed by atoms with E-state index < -0.39 is 0 Å². The zero-order valence-electron chi connectivity index (χ0n) is 9.23. The highest BCUT2D eigenvalue weighted by Gasteiger charge is 2.20. The highest BCUT2D eigenvalue weighted by Crippen LogP contribution is 2.25. The maximum atomic E-state index is 11.4. The molecule has 0 radical (unpaired) electrons. The number of methoxy groups -OCH3 is 1. The van der Waals surface area contributed by atoms with E-state index in [2.05, 4.69) is 12.2 Å². The van der Waals surface area contributed by atoms with Crippen molar-refractivity contribution in [2.75, 3.05) is 7.11 Å². The summed E-state index contributed by atoms with van der Waals surface area (Å²) >= 11 is 0. The SMILES string of the molecule is CCC1=C(C)NC(C)=C(C(=O)OC)C1. The summed E-state index contributed by atoms with van der Waals surface area (Å²) in [5.74, 6) is -0.228. The number of hydrogen-bond donors (Lipinski definition) is 1. The lowest BCUT2D eigenvalue weighted by Gasteiger charge is -2.22. The molecule has 0 aromatic carbocycles.